The van der Waals surface area contributed by atoms with Crippen molar-refractivity contribution < 1.29 is 9.59 Å². The van der Waals surface area contributed by atoms with E-state index in [9.17, 15) is 9.59 Å². The lowest BCUT2D eigenvalue weighted by Crippen LogP contribution is -2.16. The first-order valence-corrected chi connectivity index (χ1v) is 8.23. The van der Waals surface area contributed by atoms with Gasteiger partial charge in [0.15, 0.2) is 5.78 Å². The zero-order valence-electron chi connectivity index (χ0n) is 13.3. The smallest absolute Gasteiger partial charge is 0.232 e. The third kappa shape index (κ3) is 2.99. The Bertz CT molecular complexity index is 817. The summed E-state index contributed by atoms with van der Waals surface area (Å²) in [4.78, 5) is 26.8. The molecule has 6 heteroatoms. The van der Waals surface area contributed by atoms with Crippen LogP contribution in [-0.4, -0.2) is 25.8 Å². The average Bonchev–Trinajstić information content (AvgIpc) is 2.89. The molecule has 2 aromatic rings. The summed E-state index contributed by atoms with van der Waals surface area (Å²) in [6, 6.07) is 10.6. The number of rotatable bonds is 4. The van der Waals surface area contributed by atoms with Crippen molar-refractivity contribution in [3.8, 4) is 0 Å². The van der Waals surface area contributed by atoms with Gasteiger partial charge < -0.3 is 10.2 Å². The SMILES string of the molecule is CN(C)c1ccc(C(=O)CC2C(=O)Nc3c(Cl)ccc(Cl)c32)cc1. The highest BCUT2D eigenvalue weighted by atomic mass is 35.5. The van der Waals surface area contributed by atoms with E-state index in [2.05, 4.69) is 5.32 Å². The molecule has 0 aromatic heterocycles. The van der Waals surface area contributed by atoms with E-state index < -0.39 is 5.92 Å². The number of nitrogens with one attached hydrogen (secondary N) is 1. The molecule has 1 N–H and O–H groups in total. The Morgan fingerprint density at radius 2 is 1.71 bits per heavy atom. The van der Waals surface area contributed by atoms with Crippen molar-refractivity contribution in [2.45, 2.75) is 12.3 Å². The van der Waals surface area contributed by atoms with E-state index in [1.807, 2.05) is 31.1 Å². The number of hydrogen-bond acceptors (Lipinski definition) is 3. The second-order valence-electron chi connectivity index (χ2n) is 5.93. The maximum Gasteiger partial charge on any atom is 0.232 e. The molecule has 1 amide bonds. The molecule has 1 atom stereocenters. The number of ketones is 1. The van der Waals surface area contributed by atoms with Crippen molar-refractivity contribution in [1.82, 2.24) is 0 Å². The highest BCUT2D eigenvalue weighted by molar-refractivity contribution is 6.38. The third-order valence-corrected chi connectivity index (χ3v) is 4.79. The number of Topliss-reactive ketones (excluding diaryl/α,β-unsaturated/α-hetero) is 1. The van der Waals surface area contributed by atoms with Crippen LogP contribution in [0.3, 0.4) is 0 Å². The van der Waals surface area contributed by atoms with Crippen molar-refractivity contribution in [3.05, 3.63) is 57.6 Å². The van der Waals surface area contributed by atoms with E-state index in [1.54, 1.807) is 24.3 Å². The number of nitrogens with zero attached hydrogens (tertiary/aromatic N) is 1. The monoisotopic (exact) mass is 362 g/mol. The fourth-order valence-corrected chi connectivity index (χ4v) is 3.32. The van der Waals surface area contributed by atoms with Crippen LogP contribution in [0.5, 0.6) is 0 Å². The fraction of sp³-hybridized carbons (Fsp3) is 0.222. The van der Waals surface area contributed by atoms with Gasteiger partial charge in [0.25, 0.3) is 0 Å². The largest absolute Gasteiger partial charge is 0.378 e. The van der Waals surface area contributed by atoms with Gasteiger partial charge in [-0.1, -0.05) is 23.2 Å². The molecule has 1 aliphatic heterocycles. The van der Waals surface area contributed by atoms with Crippen molar-refractivity contribution in [2.24, 2.45) is 0 Å². The molecule has 1 unspecified atom stereocenters. The molecule has 0 saturated carbocycles. The Morgan fingerprint density at radius 3 is 2.33 bits per heavy atom. The zero-order chi connectivity index (χ0) is 17.4. The molecule has 4 nitrogen and oxygen atoms in total. The van der Waals surface area contributed by atoms with E-state index >= 15 is 0 Å². The summed E-state index contributed by atoms with van der Waals surface area (Å²) in [5, 5.41) is 3.59. The van der Waals surface area contributed by atoms with Crippen LogP contribution < -0.4 is 10.2 Å². The van der Waals surface area contributed by atoms with Crippen molar-refractivity contribution in [2.75, 3.05) is 24.3 Å². The van der Waals surface area contributed by atoms with Crippen molar-refractivity contribution in [1.29, 1.82) is 0 Å². The number of amides is 1. The molecule has 0 saturated heterocycles. The van der Waals surface area contributed by atoms with E-state index in [-0.39, 0.29) is 18.1 Å². The van der Waals surface area contributed by atoms with Crippen molar-refractivity contribution in [3.63, 3.8) is 0 Å². The van der Waals surface area contributed by atoms with E-state index in [0.29, 0.717) is 26.9 Å². The van der Waals surface area contributed by atoms with Crippen LogP contribution in [0, 0.1) is 0 Å². The standard InChI is InChI=1S/C18H16Cl2N2O2/c1-22(2)11-5-3-10(4-6-11)15(23)9-12-16-13(19)7-8-14(20)17(16)21-18(12)24/h3-8,12H,9H2,1-2H3,(H,21,24). The Kier molecular flexibility index (Phi) is 4.52. The minimum Gasteiger partial charge on any atom is -0.378 e. The number of benzene rings is 2. The van der Waals surface area contributed by atoms with Gasteiger partial charge in [0.1, 0.15) is 0 Å². The first-order valence-electron chi connectivity index (χ1n) is 7.48. The Morgan fingerprint density at radius 1 is 1.08 bits per heavy atom. The van der Waals surface area contributed by atoms with E-state index in [4.69, 9.17) is 23.2 Å². The summed E-state index contributed by atoms with van der Waals surface area (Å²) in [7, 11) is 3.87. The predicted octanol–water partition coefficient (Wildman–Crippen LogP) is 4.37. The molecule has 1 aliphatic rings. The van der Waals surface area contributed by atoms with Gasteiger partial charge in [0.05, 0.1) is 16.6 Å². The van der Waals surface area contributed by atoms with Gasteiger partial charge in [0, 0.05) is 42.4 Å². The second-order valence-corrected chi connectivity index (χ2v) is 6.74. The first kappa shape index (κ1) is 16.8. The van der Waals surface area contributed by atoms with Gasteiger partial charge in [-0.2, -0.15) is 0 Å². The van der Waals surface area contributed by atoms with Gasteiger partial charge in [-0.05, 0) is 36.4 Å². The Balaban J connectivity index is 1.86. The maximum atomic E-state index is 12.6. The van der Waals surface area contributed by atoms with E-state index in [1.165, 1.54) is 0 Å². The number of anilines is 2. The van der Waals surface area contributed by atoms with E-state index in [0.717, 1.165) is 5.69 Å². The van der Waals surface area contributed by atoms with Crippen LogP contribution >= 0.6 is 23.2 Å². The molecule has 124 valence electrons. The third-order valence-electron chi connectivity index (χ3n) is 4.15. The van der Waals surface area contributed by atoms with Crippen LogP contribution in [0.1, 0.15) is 28.3 Å². The topological polar surface area (TPSA) is 49.4 Å². The minimum absolute atomic E-state index is 0.0558. The van der Waals surface area contributed by atoms with Gasteiger partial charge in [-0.25, -0.2) is 0 Å². The summed E-state index contributed by atoms with van der Waals surface area (Å²) >= 11 is 12.3. The van der Waals surface area contributed by atoms with Gasteiger partial charge in [-0.3, -0.25) is 9.59 Å². The highest BCUT2D eigenvalue weighted by Gasteiger charge is 2.35. The van der Waals surface area contributed by atoms with Crippen LogP contribution in [0.4, 0.5) is 11.4 Å². The molecule has 2 aromatic carbocycles. The molecular weight excluding hydrogens is 347 g/mol. The molecule has 0 spiro atoms. The van der Waals surface area contributed by atoms with Crippen LogP contribution in [-0.2, 0) is 4.79 Å². The molecule has 0 radical (unpaired) electrons. The summed E-state index contributed by atoms with van der Waals surface area (Å²) in [6.45, 7) is 0. The Hall–Kier alpha value is -2.04. The summed E-state index contributed by atoms with van der Waals surface area (Å²) < 4.78 is 0. The molecule has 0 aliphatic carbocycles. The van der Waals surface area contributed by atoms with Gasteiger partial charge >= 0.3 is 0 Å². The second kappa shape index (κ2) is 6.46. The summed E-state index contributed by atoms with van der Waals surface area (Å²) in [6.07, 6.45) is 0.0558. The average molecular weight is 363 g/mol. The van der Waals surface area contributed by atoms with Gasteiger partial charge in [0.2, 0.25) is 5.91 Å². The summed E-state index contributed by atoms with van der Waals surface area (Å²) in [5.41, 5.74) is 2.69. The fourth-order valence-electron chi connectivity index (χ4n) is 2.82. The molecule has 0 fully saturated rings. The lowest BCUT2D eigenvalue weighted by Gasteiger charge is -2.13. The molecule has 0 bridgehead atoms. The van der Waals surface area contributed by atoms with Gasteiger partial charge in [-0.15, -0.1) is 0 Å². The number of carbonyl (C=O) groups excluding carboxylic acids is 2. The summed E-state index contributed by atoms with van der Waals surface area (Å²) in [5.74, 6) is -0.977. The molecule has 1 heterocycles. The minimum atomic E-state index is -0.618. The molecule has 3 rings (SSSR count). The van der Waals surface area contributed by atoms with Crippen LogP contribution in [0.25, 0.3) is 0 Å². The number of fused-ring (bicyclic) bond motifs is 1. The number of hydrogen-bond donors (Lipinski definition) is 1. The molecular formula is C18H16Cl2N2O2. The Labute approximate surface area is 150 Å². The number of carbonyl (C=O) groups is 2. The van der Waals surface area contributed by atoms with Crippen molar-refractivity contribution >= 4 is 46.3 Å². The van der Waals surface area contributed by atoms with Crippen LogP contribution in [0.15, 0.2) is 36.4 Å². The lowest BCUT2D eigenvalue weighted by molar-refractivity contribution is -0.117. The highest BCUT2D eigenvalue weighted by Crippen LogP contribution is 2.43. The normalized spacial score (nSPS) is 15.8. The lowest BCUT2D eigenvalue weighted by atomic mass is 9.92. The first-order chi connectivity index (χ1) is 11.4. The maximum absolute atomic E-state index is 12.6. The quantitative estimate of drug-likeness (QED) is 0.821. The molecule has 24 heavy (non-hydrogen) atoms. The van der Waals surface area contributed by atoms with Crippen LogP contribution in [0.2, 0.25) is 10.0 Å². The zero-order valence-corrected chi connectivity index (χ0v) is 14.8. The predicted molar refractivity (Wildman–Crippen MR) is 97.5 cm³/mol. The number of halogens is 2.